The maximum Gasteiger partial charge on any atom is 0.257 e. The standard InChI is InChI=1S/C13H17Cl2N3O/c1-2-5-9-6-3-4-7-18(9)13(19)10-8-11(14)16-17-12(10)15/h8-9H,2-7H2,1H3. The molecule has 1 fully saturated rings. The van der Waals surface area contributed by atoms with Crippen LogP contribution in [0.1, 0.15) is 49.4 Å². The van der Waals surface area contributed by atoms with Crippen LogP contribution in [-0.4, -0.2) is 33.6 Å². The second-order valence-corrected chi connectivity index (χ2v) is 5.55. The van der Waals surface area contributed by atoms with E-state index in [9.17, 15) is 4.79 Å². The number of hydrogen-bond acceptors (Lipinski definition) is 3. The van der Waals surface area contributed by atoms with Crippen molar-refractivity contribution in [2.24, 2.45) is 0 Å². The molecule has 1 aromatic rings. The SMILES string of the molecule is CCCC1CCCCN1C(=O)c1cc(Cl)nnc1Cl. The number of likely N-dealkylation sites (tertiary alicyclic amines) is 1. The van der Waals surface area contributed by atoms with Gasteiger partial charge in [-0.1, -0.05) is 36.5 Å². The topological polar surface area (TPSA) is 46.1 Å². The summed E-state index contributed by atoms with van der Waals surface area (Å²) in [6, 6.07) is 1.80. The summed E-state index contributed by atoms with van der Waals surface area (Å²) in [5, 5.41) is 7.65. The molecule has 0 saturated carbocycles. The van der Waals surface area contributed by atoms with Gasteiger partial charge in [0, 0.05) is 12.6 Å². The third kappa shape index (κ3) is 3.37. The molecule has 1 atom stereocenters. The molecule has 1 aliphatic heterocycles. The van der Waals surface area contributed by atoms with E-state index < -0.39 is 0 Å². The van der Waals surface area contributed by atoms with Crippen LogP contribution in [0, 0.1) is 0 Å². The Hall–Kier alpha value is -0.870. The van der Waals surface area contributed by atoms with E-state index in [2.05, 4.69) is 17.1 Å². The van der Waals surface area contributed by atoms with Gasteiger partial charge in [0.2, 0.25) is 0 Å². The Balaban J connectivity index is 2.23. The molecular weight excluding hydrogens is 285 g/mol. The van der Waals surface area contributed by atoms with Gasteiger partial charge in [-0.05, 0) is 31.7 Å². The molecule has 0 radical (unpaired) electrons. The maximum atomic E-state index is 12.6. The molecule has 0 aliphatic carbocycles. The van der Waals surface area contributed by atoms with Gasteiger partial charge >= 0.3 is 0 Å². The Labute approximate surface area is 123 Å². The van der Waals surface area contributed by atoms with Crippen molar-refractivity contribution in [3.05, 3.63) is 21.9 Å². The van der Waals surface area contributed by atoms with Gasteiger partial charge in [0.05, 0.1) is 5.56 Å². The zero-order valence-electron chi connectivity index (χ0n) is 10.9. The highest BCUT2D eigenvalue weighted by atomic mass is 35.5. The lowest BCUT2D eigenvalue weighted by Gasteiger charge is -2.35. The Kier molecular flexibility index (Phi) is 4.99. The lowest BCUT2D eigenvalue weighted by Crippen LogP contribution is -2.43. The van der Waals surface area contributed by atoms with Crippen molar-refractivity contribution in [1.29, 1.82) is 0 Å². The van der Waals surface area contributed by atoms with E-state index in [4.69, 9.17) is 23.2 Å². The van der Waals surface area contributed by atoms with Crippen LogP contribution in [0.3, 0.4) is 0 Å². The smallest absolute Gasteiger partial charge is 0.257 e. The van der Waals surface area contributed by atoms with Crippen LogP contribution in [0.4, 0.5) is 0 Å². The van der Waals surface area contributed by atoms with Crippen molar-refractivity contribution in [3.8, 4) is 0 Å². The van der Waals surface area contributed by atoms with Crippen molar-refractivity contribution in [3.63, 3.8) is 0 Å². The van der Waals surface area contributed by atoms with E-state index in [1.54, 1.807) is 0 Å². The molecule has 19 heavy (non-hydrogen) atoms. The number of carbonyl (C=O) groups is 1. The molecule has 2 heterocycles. The van der Waals surface area contributed by atoms with Gasteiger partial charge in [-0.25, -0.2) is 0 Å². The lowest BCUT2D eigenvalue weighted by molar-refractivity contribution is 0.0600. The fourth-order valence-corrected chi connectivity index (χ4v) is 2.88. The Morgan fingerprint density at radius 3 is 2.95 bits per heavy atom. The highest BCUT2D eigenvalue weighted by molar-refractivity contribution is 6.34. The van der Waals surface area contributed by atoms with E-state index in [1.165, 1.54) is 12.5 Å². The second kappa shape index (κ2) is 6.53. The first-order valence-electron chi connectivity index (χ1n) is 6.63. The molecule has 1 saturated heterocycles. The zero-order valence-corrected chi connectivity index (χ0v) is 12.4. The van der Waals surface area contributed by atoms with Crippen molar-refractivity contribution in [2.75, 3.05) is 6.54 Å². The van der Waals surface area contributed by atoms with E-state index in [0.717, 1.165) is 32.2 Å². The summed E-state index contributed by atoms with van der Waals surface area (Å²) >= 11 is 11.7. The van der Waals surface area contributed by atoms with Crippen molar-refractivity contribution in [2.45, 2.75) is 45.1 Å². The summed E-state index contributed by atoms with van der Waals surface area (Å²) in [5.41, 5.74) is 0.352. The molecule has 0 spiro atoms. The molecule has 1 aliphatic rings. The number of halogens is 2. The van der Waals surface area contributed by atoms with E-state index in [1.807, 2.05) is 4.90 Å². The average molecular weight is 302 g/mol. The van der Waals surface area contributed by atoms with Crippen LogP contribution in [0.2, 0.25) is 10.3 Å². The lowest BCUT2D eigenvalue weighted by atomic mass is 9.97. The Bertz CT molecular complexity index is 465. The Morgan fingerprint density at radius 2 is 2.21 bits per heavy atom. The highest BCUT2D eigenvalue weighted by Crippen LogP contribution is 2.25. The molecule has 0 bridgehead atoms. The molecule has 6 heteroatoms. The number of piperidine rings is 1. The summed E-state index contributed by atoms with van der Waals surface area (Å²) in [7, 11) is 0. The first kappa shape index (κ1) is 14.5. The van der Waals surface area contributed by atoms with Crippen LogP contribution >= 0.6 is 23.2 Å². The monoisotopic (exact) mass is 301 g/mol. The van der Waals surface area contributed by atoms with Crippen LogP contribution < -0.4 is 0 Å². The number of rotatable bonds is 3. The molecular formula is C13H17Cl2N3O. The number of amides is 1. The quantitative estimate of drug-likeness (QED) is 0.857. The van der Waals surface area contributed by atoms with Crippen LogP contribution in [0.5, 0.6) is 0 Å². The largest absolute Gasteiger partial charge is 0.336 e. The summed E-state index contributed by atoms with van der Waals surface area (Å²) in [6.45, 7) is 2.91. The molecule has 104 valence electrons. The maximum absolute atomic E-state index is 12.6. The zero-order chi connectivity index (χ0) is 13.8. The van der Waals surface area contributed by atoms with Gasteiger partial charge in [0.25, 0.3) is 5.91 Å². The third-order valence-corrected chi connectivity index (χ3v) is 3.92. The van der Waals surface area contributed by atoms with Crippen molar-refractivity contribution < 1.29 is 4.79 Å². The van der Waals surface area contributed by atoms with Crippen molar-refractivity contribution in [1.82, 2.24) is 15.1 Å². The van der Waals surface area contributed by atoms with E-state index >= 15 is 0 Å². The number of carbonyl (C=O) groups excluding carboxylic acids is 1. The normalized spacial score (nSPS) is 19.5. The Morgan fingerprint density at radius 1 is 1.42 bits per heavy atom. The predicted octanol–water partition coefficient (Wildman–Crippen LogP) is 3.58. The minimum absolute atomic E-state index is 0.0834. The third-order valence-electron chi connectivity index (χ3n) is 3.46. The average Bonchev–Trinajstić information content (AvgIpc) is 2.42. The fourth-order valence-electron chi connectivity index (χ4n) is 2.56. The fraction of sp³-hybridized carbons (Fsp3) is 0.615. The minimum atomic E-state index is -0.0834. The molecule has 0 aromatic carbocycles. The number of aromatic nitrogens is 2. The van der Waals surface area contributed by atoms with Gasteiger partial charge in [-0.15, -0.1) is 10.2 Å². The van der Waals surface area contributed by atoms with Crippen LogP contribution in [-0.2, 0) is 0 Å². The molecule has 2 rings (SSSR count). The second-order valence-electron chi connectivity index (χ2n) is 4.81. The molecule has 0 N–H and O–H groups in total. The molecule has 4 nitrogen and oxygen atoms in total. The van der Waals surface area contributed by atoms with Crippen LogP contribution in [0.15, 0.2) is 6.07 Å². The number of nitrogens with zero attached hydrogens (tertiary/aromatic N) is 3. The predicted molar refractivity (Wildman–Crippen MR) is 75.6 cm³/mol. The molecule has 1 unspecified atom stereocenters. The number of hydrogen-bond donors (Lipinski definition) is 0. The van der Waals surface area contributed by atoms with E-state index in [-0.39, 0.29) is 16.2 Å². The van der Waals surface area contributed by atoms with Gasteiger partial charge in [0.15, 0.2) is 10.3 Å². The van der Waals surface area contributed by atoms with Gasteiger partial charge in [-0.2, -0.15) is 0 Å². The van der Waals surface area contributed by atoms with Gasteiger partial charge in [-0.3, -0.25) is 4.79 Å². The molecule has 1 aromatic heterocycles. The van der Waals surface area contributed by atoms with Crippen LogP contribution in [0.25, 0.3) is 0 Å². The molecule has 1 amide bonds. The van der Waals surface area contributed by atoms with Crippen molar-refractivity contribution >= 4 is 29.1 Å². The summed E-state index contributed by atoms with van der Waals surface area (Å²) in [4.78, 5) is 14.5. The first-order chi connectivity index (χ1) is 9.13. The summed E-state index contributed by atoms with van der Waals surface area (Å²) in [5.74, 6) is -0.0834. The van der Waals surface area contributed by atoms with Gasteiger partial charge < -0.3 is 4.90 Å². The summed E-state index contributed by atoms with van der Waals surface area (Å²) in [6.07, 6.45) is 5.37. The van der Waals surface area contributed by atoms with E-state index in [0.29, 0.717) is 11.6 Å². The highest BCUT2D eigenvalue weighted by Gasteiger charge is 2.28. The summed E-state index contributed by atoms with van der Waals surface area (Å²) < 4.78 is 0. The first-order valence-corrected chi connectivity index (χ1v) is 7.38. The van der Waals surface area contributed by atoms with Gasteiger partial charge in [0.1, 0.15) is 0 Å². The minimum Gasteiger partial charge on any atom is -0.336 e.